The Labute approximate surface area is 128 Å². The van der Waals surface area contributed by atoms with Crippen LogP contribution in [0.15, 0.2) is 4.79 Å². The Hall–Kier alpha value is -2.03. The Kier molecular flexibility index (Phi) is 2.77. The zero-order valence-corrected chi connectivity index (χ0v) is 12.5. The zero-order valence-electron chi connectivity index (χ0n) is 11.6. The van der Waals surface area contributed by atoms with Crippen molar-refractivity contribution >= 4 is 32.7 Å². The van der Waals surface area contributed by atoms with Crippen molar-refractivity contribution in [3.05, 3.63) is 16.2 Å². The second-order valence-electron chi connectivity index (χ2n) is 5.78. The molecule has 1 saturated heterocycles. The molecule has 1 unspecified atom stereocenters. The number of carbonyl (C=O) groups excluding carboxylic acids is 1. The summed E-state index contributed by atoms with van der Waals surface area (Å²) in [7, 11) is 0. The number of alkyl halides is 1. The zero-order chi connectivity index (χ0) is 15.5. The summed E-state index contributed by atoms with van der Waals surface area (Å²) in [6.45, 7) is 0.658. The van der Waals surface area contributed by atoms with Crippen molar-refractivity contribution < 1.29 is 9.18 Å². The number of nitrogens with two attached hydrogens (primary N) is 1. The van der Waals surface area contributed by atoms with Crippen LogP contribution in [0.4, 0.5) is 9.52 Å². The maximum Gasteiger partial charge on any atom is 0.278 e. The Morgan fingerprint density at radius 3 is 2.91 bits per heavy atom. The second-order valence-corrected chi connectivity index (χ2v) is 6.74. The van der Waals surface area contributed by atoms with E-state index in [1.54, 1.807) is 4.90 Å². The van der Waals surface area contributed by atoms with Crippen molar-refractivity contribution in [2.45, 2.75) is 37.4 Å². The maximum atomic E-state index is 14.1. The summed E-state index contributed by atoms with van der Waals surface area (Å²) in [5.74, 6) is -0.326. The highest BCUT2D eigenvalue weighted by atomic mass is 32.1. The lowest BCUT2D eigenvalue weighted by atomic mass is 10.2. The van der Waals surface area contributed by atoms with Gasteiger partial charge in [-0.1, -0.05) is 11.3 Å². The first kappa shape index (κ1) is 13.6. The molecule has 2 aliphatic rings. The summed E-state index contributed by atoms with van der Waals surface area (Å²) in [5.41, 5.74) is 3.64. The standard InChI is InChI=1S/C13H14FN5O2S/c14-13(3-4-13)11-17-9(21)7-10(18-11)22-12(16-7)19-5-1-2-6(19)8(15)20/h6H,1-5H2,(H2,15,20)(H,17,18,21). The molecule has 2 aromatic heterocycles. The van der Waals surface area contributed by atoms with E-state index in [4.69, 9.17) is 5.73 Å². The molecular weight excluding hydrogens is 309 g/mol. The SMILES string of the molecule is NC(=O)C1CCCN1c1nc2c(=O)[nH]c(C3(F)CC3)nc2s1. The van der Waals surface area contributed by atoms with Crippen LogP contribution in [-0.2, 0) is 10.5 Å². The number of aromatic amines is 1. The van der Waals surface area contributed by atoms with E-state index in [1.165, 1.54) is 11.3 Å². The second kappa shape index (κ2) is 4.48. The van der Waals surface area contributed by atoms with Gasteiger partial charge in [0.25, 0.3) is 5.56 Å². The lowest BCUT2D eigenvalue weighted by Crippen LogP contribution is -2.40. The molecule has 3 heterocycles. The van der Waals surface area contributed by atoms with E-state index in [1.807, 2.05) is 0 Å². The van der Waals surface area contributed by atoms with Crippen LogP contribution in [0.2, 0.25) is 0 Å². The number of aromatic nitrogens is 3. The normalized spacial score (nSPS) is 23.1. The molecule has 9 heteroatoms. The van der Waals surface area contributed by atoms with Gasteiger partial charge in [-0.15, -0.1) is 0 Å². The van der Waals surface area contributed by atoms with Crippen molar-refractivity contribution in [3.63, 3.8) is 0 Å². The van der Waals surface area contributed by atoms with E-state index in [0.717, 1.165) is 6.42 Å². The van der Waals surface area contributed by atoms with E-state index < -0.39 is 23.2 Å². The number of fused-ring (bicyclic) bond motifs is 1. The average Bonchev–Trinajstić information content (AvgIpc) is 2.94. The van der Waals surface area contributed by atoms with Gasteiger partial charge in [-0.25, -0.2) is 14.4 Å². The number of H-pyrrole nitrogens is 1. The average molecular weight is 323 g/mol. The number of nitrogens with zero attached hydrogens (tertiary/aromatic N) is 3. The number of rotatable bonds is 3. The Morgan fingerprint density at radius 2 is 2.23 bits per heavy atom. The third-order valence-corrected chi connectivity index (χ3v) is 5.19. The van der Waals surface area contributed by atoms with Gasteiger partial charge in [-0.2, -0.15) is 0 Å². The number of thiazole rings is 1. The van der Waals surface area contributed by atoms with Crippen LogP contribution in [0.3, 0.4) is 0 Å². The largest absolute Gasteiger partial charge is 0.368 e. The smallest absolute Gasteiger partial charge is 0.278 e. The summed E-state index contributed by atoms with van der Waals surface area (Å²) in [4.78, 5) is 36.7. The highest BCUT2D eigenvalue weighted by Gasteiger charge is 2.48. The summed E-state index contributed by atoms with van der Waals surface area (Å²) < 4.78 is 14.1. The van der Waals surface area contributed by atoms with Crippen LogP contribution in [0.1, 0.15) is 31.5 Å². The molecule has 0 bridgehead atoms. The highest BCUT2D eigenvalue weighted by molar-refractivity contribution is 7.21. The molecule has 0 spiro atoms. The first-order valence-electron chi connectivity index (χ1n) is 7.14. The Morgan fingerprint density at radius 1 is 1.45 bits per heavy atom. The van der Waals surface area contributed by atoms with Gasteiger partial charge in [0, 0.05) is 6.54 Å². The van der Waals surface area contributed by atoms with Crippen molar-refractivity contribution in [1.29, 1.82) is 0 Å². The van der Waals surface area contributed by atoms with Crippen LogP contribution < -0.4 is 16.2 Å². The lowest BCUT2D eigenvalue weighted by molar-refractivity contribution is -0.119. The third kappa shape index (κ3) is 1.99. The summed E-state index contributed by atoms with van der Waals surface area (Å²) in [6, 6.07) is -0.407. The minimum atomic E-state index is -1.50. The Bertz CT molecular complexity index is 827. The van der Waals surface area contributed by atoms with Gasteiger partial charge < -0.3 is 15.6 Å². The fourth-order valence-electron chi connectivity index (χ4n) is 2.79. The first-order valence-corrected chi connectivity index (χ1v) is 7.96. The lowest BCUT2D eigenvalue weighted by Gasteiger charge is -2.20. The number of hydrogen-bond acceptors (Lipinski definition) is 6. The molecule has 0 aromatic carbocycles. The number of primary amides is 1. The Balaban J connectivity index is 1.79. The van der Waals surface area contributed by atoms with Crippen LogP contribution in [0.25, 0.3) is 10.3 Å². The van der Waals surface area contributed by atoms with Crippen molar-refractivity contribution in [2.24, 2.45) is 5.73 Å². The van der Waals surface area contributed by atoms with Crippen LogP contribution in [-0.4, -0.2) is 33.4 Å². The maximum absolute atomic E-state index is 14.1. The number of anilines is 1. The molecule has 0 radical (unpaired) electrons. The number of hydrogen-bond donors (Lipinski definition) is 2. The molecule has 2 aromatic rings. The highest BCUT2D eigenvalue weighted by Crippen LogP contribution is 2.48. The number of carbonyl (C=O) groups is 1. The van der Waals surface area contributed by atoms with Gasteiger partial charge in [0.1, 0.15) is 11.9 Å². The van der Waals surface area contributed by atoms with E-state index >= 15 is 0 Å². The third-order valence-electron chi connectivity index (χ3n) is 4.20. The van der Waals surface area contributed by atoms with Crippen LogP contribution in [0.5, 0.6) is 0 Å². The van der Waals surface area contributed by atoms with Gasteiger partial charge in [-0.05, 0) is 25.7 Å². The van der Waals surface area contributed by atoms with Gasteiger partial charge in [-0.3, -0.25) is 9.59 Å². The van der Waals surface area contributed by atoms with Gasteiger partial charge in [0.2, 0.25) is 5.91 Å². The predicted octanol–water partition coefficient (Wildman–Crippen LogP) is 0.792. The molecule has 116 valence electrons. The van der Waals surface area contributed by atoms with Gasteiger partial charge in [0.15, 0.2) is 21.1 Å². The fraction of sp³-hybridized carbons (Fsp3) is 0.538. The number of amides is 1. The topological polar surface area (TPSA) is 105 Å². The van der Waals surface area contributed by atoms with Crippen molar-refractivity contribution in [3.8, 4) is 0 Å². The van der Waals surface area contributed by atoms with Crippen LogP contribution in [0, 0.1) is 0 Å². The van der Waals surface area contributed by atoms with E-state index in [9.17, 15) is 14.0 Å². The molecule has 7 nitrogen and oxygen atoms in total. The molecule has 1 atom stereocenters. The van der Waals surface area contributed by atoms with Crippen LogP contribution >= 0.6 is 11.3 Å². The molecule has 1 amide bonds. The number of halogens is 1. The monoisotopic (exact) mass is 323 g/mol. The van der Waals surface area contributed by atoms with Gasteiger partial charge in [0.05, 0.1) is 0 Å². The summed E-state index contributed by atoms with van der Waals surface area (Å²) in [5, 5.41) is 0.537. The van der Waals surface area contributed by atoms with E-state index in [0.29, 0.717) is 35.8 Å². The first-order chi connectivity index (χ1) is 10.5. The molecular formula is C13H14FN5O2S. The molecule has 2 fully saturated rings. The minimum absolute atomic E-state index is 0.0769. The summed E-state index contributed by atoms with van der Waals surface area (Å²) >= 11 is 1.20. The molecule has 1 aliphatic heterocycles. The van der Waals surface area contributed by atoms with Gasteiger partial charge >= 0.3 is 0 Å². The fourth-order valence-corrected chi connectivity index (χ4v) is 3.81. The van der Waals surface area contributed by atoms with Crippen molar-refractivity contribution in [2.75, 3.05) is 11.4 Å². The summed E-state index contributed by atoms with van der Waals surface area (Å²) in [6.07, 6.45) is 2.27. The number of nitrogens with one attached hydrogen (secondary N) is 1. The molecule has 4 rings (SSSR count). The molecule has 22 heavy (non-hydrogen) atoms. The quantitative estimate of drug-likeness (QED) is 0.869. The molecule has 1 aliphatic carbocycles. The molecule has 3 N–H and O–H groups in total. The minimum Gasteiger partial charge on any atom is -0.368 e. The molecule has 1 saturated carbocycles. The van der Waals surface area contributed by atoms with E-state index in [-0.39, 0.29) is 11.3 Å². The van der Waals surface area contributed by atoms with Crippen molar-refractivity contribution in [1.82, 2.24) is 15.0 Å². The van der Waals surface area contributed by atoms with E-state index in [2.05, 4.69) is 15.0 Å². The predicted molar refractivity (Wildman–Crippen MR) is 79.6 cm³/mol.